The van der Waals surface area contributed by atoms with Crippen molar-refractivity contribution in [1.82, 2.24) is 29.5 Å². The van der Waals surface area contributed by atoms with Crippen molar-refractivity contribution in [3.05, 3.63) is 48.0 Å². The molecule has 1 aliphatic rings. The maximum atomic E-state index is 13.2. The van der Waals surface area contributed by atoms with Gasteiger partial charge in [0.25, 0.3) is 11.7 Å². The third-order valence-corrected chi connectivity index (χ3v) is 4.68. The molecule has 0 bridgehead atoms. The highest BCUT2D eigenvalue weighted by Crippen LogP contribution is 2.31. The summed E-state index contributed by atoms with van der Waals surface area (Å²) in [4.78, 5) is 34.6. The fourth-order valence-corrected chi connectivity index (χ4v) is 3.20. The van der Waals surface area contributed by atoms with Crippen LogP contribution >= 0.6 is 0 Å². The molecule has 0 spiro atoms. The Balaban J connectivity index is 1.63. The fourth-order valence-electron chi connectivity index (χ4n) is 3.20. The van der Waals surface area contributed by atoms with E-state index in [1.807, 2.05) is 49.2 Å². The highest BCUT2D eigenvalue weighted by Gasteiger charge is 2.31. The van der Waals surface area contributed by atoms with E-state index in [9.17, 15) is 4.79 Å². The van der Waals surface area contributed by atoms with Crippen LogP contribution in [0, 0.1) is 6.92 Å². The van der Waals surface area contributed by atoms with Crippen molar-refractivity contribution in [3.63, 3.8) is 0 Å². The van der Waals surface area contributed by atoms with Crippen LogP contribution in [0.15, 0.2) is 36.5 Å². The Hall–Kier alpha value is -3.62. The van der Waals surface area contributed by atoms with E-state index in [1.54, 1.807) is 15.6 Å². The van der Waals surface area contributed by atoms with Crippen molar-refractivity contribution in [3.8, 4) is 0 Å². The molecule has 0 N–H and O–H groups in total. The molecular formula is C18H16N8O. The minimum atomic E-state index is -0.307. The summed E-state index contributed by atoms with van der Waals surface area (Å²) < 4.78 is 1.57. The van der Waals surface area contributed by atoms with Crippen LogP contribution in [0.1, 0.15) is 16.3 Å². The first-order valence-electron chi connectivity index (χ1n) is 8.60. The Morgan fingerprint density at radius 1 is 1.00 bits per heavy atom. The van der Waals surface area contributed by atoms with Crippen molar-refractivity contribution < 1.29 is 4.79 Å². The maximum Gasteiger partial charge on any atom is 0.299 e. The fraction of sp³-hybridized carbons (Fsp3) is 0.222. The van der Waals surface area contributed by atoms with Gasteiger partial charge in [-0.1, -0.05) is 12.1 Å². The van der Waals surface area contributed by atoms with Crippen molar-refractivity contribution in [2.24, 2.45) is 0 Å². The summed E-state index contributed by atoms with van der Waals surface area (Å²) in [6.07, 6.45) is 1.65. The number of benzene rings is 1. The van der Waals surface area contributed by atoms with Gasteiger partial charge in [0.05, 0.1) is 11.0 Å². The van der Waals surface area contributed by atoms with Gasteiger partial charge in [0.2, 0.25) is 5.82 Å². The second-order valence-electron chi connectivity index (χ2n) is 6.47. The maximum absolute atomic E-state index is 13.2. The number of aromatic nitrogens is 6. The van der Waals surface area contributed by atoms with E-state index >= 15 is 0 Å². The monoisotopic (exact) mass is 360 g/mol. The Labute approximate surface area is 154 Å². The van der Waals surface area contributed by atoms with Crippen LogP contribution in [0.5, 0.6) is 0 Å². The van der Waals surface area contributed by atoms with E-state index in [4.69, 9.17) is 4.98 Å². The Kier molecular flexibility index (Phi) is 3.30. The minimum Gasteiger partial charge on any atom is -0.355 e. The van der Waals surface area contributed by atoms with Gasteiger partial charge in [-0.25, -0.2) is 19.5 Å². The van der Waals surface area contributed by atoms with E-state index in [2.05, 4.69) is 20.1 Å². The number of carbonyl (C=O) groups is 1. The molecule has 5 rings (SSSR count). The van der Waals surface area contributed by atoms with Crippen LogP contribution in [0.2, 0.25) is 0 Å². The largest absolute Gasteiger partial charge is 0.355 e. The number of carbonyl (C=O) groups excluding carboxylic acids is 1. The van der Waals surface area contributed by atoms with Gasteiger partial charge < -0.3 is 4.90 Å². The number of anilines is 2. The predicted octanol–water partition coefficient (Wildman–Crippen LogP) is 1.47. The van der Waals surface area contributed by atoms with Crippen molar-refractivity contribution >= 4 is 34.4 Å². The van der Waals surface area contributed by atoms with Gasteiger partial charge in [0, 0.05) is 32.0 Å². The lowest BCUT2D eigenvalue weighted by molar-refractivity contribution is 0.0976. The lowest BCUT2D eigenvalue weighted by Gasteiger charge is -2.33. The van der Waals surface area contributed by atoms with Gasteiger partial charge in [0.1, 0.15) is 0 Å². The quantitative estimate of drug-likeness (QED) is 0.507. The summed E-state index contributed by atoms with van der Waals surface area (Å²) in [6, 6.07) is 9.44. The number of hydrogen-bond acceptors (Lipinski definition) is 7. The molecule has 3 aromatic heterocycles. The second-order valence-corrected chi connectivity index (χ2v) is 6.47. The van der Waals surface area contributed by atoms with Gasteiger partial charge in [-0.05, 0) is 25.1 Å². The molecule has 0 atom stereocenters. The van der Waals surface area contributed by atoms with Crippen LogP contribution in [0.3, 0.4) is 0 Å². The second kappa shape index (κ2) is 5.70. The Morgan fingerprint density at radius 2 is 1.74 bits per heavy atom. The van der Waals surface area contributed by atoms with Gasteiger partial charge in [-0.2, -0.15) is 4.98 Å². The lowest BCUT2D eigenvalue weighted by atomic mass is 10.2. The average molecular weight is 360 g/mol. The molecule has 0 saturated carbocycles. The van der Waals surface area contributed by atoms with E-state index in [0.29, 0.717) is 30.5 Å². The first-order chi connectivity index (χ1) is 13.1. The number of hydrogen-bond donors (Lipinski definition) is 0. The molecule has 4 heterocycles. The number of para-hydroxylation sites is 2. The topological polar surface area (TPSA) is 92.4 Å². The molecule has 0 unspecified atom stereocenters. The van der Waals surface area contributed by atoms with Gasteiger partial charge in [-0.15, -0.1) is 5.10 Å². The number of likely N-dealkylation sites (N-methyl/N-ethyl adjacent to an activating group) is 1. The zero-order chi connectivity index (χ0) is 18.5. The molecule has 134 valence electrons. The van der Waals surface area contributed by atoms with Crippen LogP contribution in [0.4, 0.5) is 11.6 Å². The third kappa shape index (κ3) is 2.39. The highest BCUT2D eigenvalue weighted by molar-refractivity contribution is 6.05. The third-order valence-electron chi connectivity index (χ3n) is 4.68. The summed E-state index contributed by atoms with van der Waals surface area (Å²) in [5, 5.41) is 4.33. The molecule has 0 radical (unpaired) electrons. The molecule has 1 amide bonds. The van der Waals surface area contributed by atoms with E-state index in [0.717, 1.165) is 16.7 Å². The highest BCUT2D eigenvalue weighted by atomic mass is 16.2. The van der Waals surface area contributed by atoms with Crippen LogP contribution in [-0.4, -0.2) is 55.6 Å². The number of aryl methyl sites for hydroxylation is 1. The summed E-state index contributed by atoms with van der Waals surface area (Å²) in [7, 11) is 1.94. The Morgan fingerprint density at radius 3 is 2.48 bits per heavy atom. The van der Waals surface area contributed by atoms with Crippen LogP contribution in [0.25, 0.3) is 16.8 Å². The summed E-state index contributed by atoms with van der Waals surface area (Å²) in [5.41, 5.74) is 2.39. The molecule has 9 heteroatoms. The predicted molar refractivity (Wildman–Crippen MR) is 100 cm³/mol. The van der Waals surface area contributed by atoms with Gasteiger partial charge in [-0.3, -0.25) is 9.69 Å². The number of fused-ring (bicyclic) bond motifs is 3. The molecule has 1 aliphatic heterocycles. The number of amides is 1. The van der Waals surface area contributed by atoms with Gasteiger partial charge >= 0.3 is 0 Å². The lowest BCUT2D eigenvalue weighted by Crippen LogP contribution is -2.44. The van der Waals surface area contributed by atoms with E-state index in [-0.39, 0.29) is 11.7 Å². The standard InChI is InChI=1S/C18H16N8O/c1-11-7-8-19-18-22-14(23-26(11)18)17(27)25-10-9-24(2)15-16(25)21-13-6-4-3-5-12(13)20-15/h3-8H,9-10H2,1-2H3. The van der Waals surface area contributed by atoms with E-state index < -0.39 is 0 Å². The zero-order valence-corrected chi connectivity index (χ0v) is 14.9. The van der Waals surface area contributed by atoms with Crippen LogP contribution < -0.4 is 9.80 Å². The molecule has 27 heavy (non-hydrogen) atoms. The normalized spacial score (nSPS) is 14.0. The van der Waals surface area contributed by atoms with Crippen LogP contribution in [-0.2, 0) is 0 Å². The van der Waals surface area contributed by atoms with Crippen molar-refractivity contribution in [1.29, 1.82) is 0 Å². The Bertz CT molecular complexity index is 1200. The smallest absolute Gasteiger partial charge is 0.299 e. The molecule has 9 nitrogen and oxygen atoms in total. The van der Waals surface area contributed by atoms with Gasteiger partial charge in [0.15, 0.2) is 11.6 Å². The summed E-state index contributed by atoms with van der Waals surface area (Å²) in [6.45, 7) is 3.02. The zero-order valence-electron chi connectivity index (χ0n) is 14.9. The molecular weight excluding hydrogens is 344 g/mol. The first-order valence-corrected chi connectivity index (χ1v) is 8.60. The van der Waals surface area contributed by atoms with Crippen molar-refractivity contribution in [2.75, 3.05) is 29.9 Å². The molecule has 4 aromatic rings. The van der Waals surface area contributed by atoms with E-state index in [1.165, 1.54) is 0 Å². The molecule has 0 fully saturated rings. The number of nitrogens with zero attached hydrogens (tertiary/aromatic N) is 8. The average Bonchev–Trinajstić information content (AvgIpc) is 3.12. The van der Waals surface area contributed by atoms with Crippen molar-refractivity contribution in [2.45, 2.75) is 6.92 Å². The molecule has 0 aliphatic carbocycles. The SMILES string of the molecule is Cc1ccnc2nc(C(=O)N3CCN(C)c4nc5ccccc5nc43)nn12. The summed E-state index contributed by atoms with van der Waals surface area (Å²) >= 11 is 0. The first kappa shape index (κ1) is 15.6. The number of rotatable bonds is 1. The summed E-state index contributed by atoms with van der Waals surface area (Å²) in [5.74, 6) is 1.39. The molecule has 0 saturated heterocycles. The minimum absolute atomic E-state index is 0.0993. The molecule has 1 aromatic carbocycles.